The molecule has 1 aromatic rings. The summed E-state index contributed by atoms with van der Waals surface area (Å²) in [6.45, 7) is 3.68. The van der Waals surface area contributed by atoms with Crippen LogP contribution in [-0.4, -0.2) is 27.3 Å². The zero-order valence-electron chi connectivity index (χ0n) is 10.9. The fraction of sp³-hybridized carbons (Fsp3) is 0.571. The van der Waals surface area contributed by atoms with Gasteiger partial charge >= 0.3 is 0 Å². The average molecular weight is 235 g/mol. The van der Waals surface area contributed by atoms with Crippen molar-refractivity contribution in [2.75, 3.05) is 27.3 Å². The minimum absolute atomic E-state index is 0.326. The highest BCUT2D eigenvalue weighted by Crippen LogP contribution is 2.49. The number of methoxy groups -OCH3 is 1. The molecule has 1 N–H and O–H groups in total. The summed E-state index contributed by atoms with van der Waals surface area (Å²) in [7, 11) is 3.70. The molecule has 0 amide bonds. The van der Waals surface area contributed by atoms with Gasteiger partial charge in [0.25, 0.3) is 0 Å². The zero-order valence-corrected chi connectivity index (χ0v) is 10.9. The van der Waals surface area contributed by atoms with Crippen molar-refractivity contribution in [1.29, 1.82) is 0 Å². The molecule has 0 bridgehead atoms. The predicted octanol–water partition coefficient (Wildman–Crippen LogP) is 2.34. The molecular formula is C14H21NO2. The molecule has 0 atom stereocenters. The van der Waals surface area contributed by atoms with Crippen LogP contribution in [0.5, 0.6) is 11.5 Å². The molecule has 1 saturated carbocycles. The SMILES string of the molecule is CCOc1ccc(C2(CNC)CC2)cc1OC. The maximum atomic E-state index is 5.54. The minimum Gasteiger partial charge on any atom is -0.493 e. The monoisotopic (exact) mass is 235 g/mol. The molecule has 3 heteroatoms. The Balaban J connectivity index is 2.25. The molecule has 94 valence electrons. The van der Waals surface area contributed by atoms with E-state index in [1.807, 2.05) is 20.0 Å². The van der Waals surface area contributed by atoms with E-state index in [-0.39, 0.29) is 0 Å². The molecule has 0 spiro atoms. The second-order valence-corrected chi connectivity index (χ2v) is 4.61. The third-order valence-corrected chi connectivity index (χ3v) is 3.44. The van der Waals surface area contributed by atoms with Gasteiger partial charge in [-0.15, -0.1) is 0 Å². The van der Waals surface area contributed by atoms with Crippen LogP contribution in [-0.2, 0) is 5.41 Å². The third kappa shape index (κ3) is 2.39. The van der Waals surface area contributed by atoms with Gasteiger partial charge in [-0.1, -0.05) is 6.07 Å². The molecule has 0 radical (unpaired) electrons. The van der Waals surface area contributed by atoms with Crippen LogP contribution in [0.25, 0.3) is 0 Å². The topological polar surface area (TPSA) is 30.5 Å². The summed E-state index contributed by atoms with van der Waals surface area (Å²) < 4.78 is 10.9. The Morgan fingerprint density at radius 1 is 1.29 bits per heavy atom. The lowest BCUT2D eigenvalue weighted by Crippen LogP contribution is -2.23. The number of rotatable bonds is 6. The average Bonchev–Trinajstić information content (AvgIpc) is 3.11. The second-order valence-electron chi connectivity index (χ2n) is 4.61. The molecule has 1 aliphatic rings. The van der Waals surface area contributed by atoms with Gasteiger partial charge in [-0.05, 0) is 44.5 Å². The van der Waals surface area contributed by atoms with Gasteiger partial charge in [0.1, 0.15) is 0 Å². The molecule has 0 aliphatic heterocycles. The quantitative estimate of drug-likeness (QED) is 0.821. The van der Waals surface area contributed by atoms with Crippen LogP contribution in [0, 0.1) is 0 Å². The smallest absolute Gasteiger partial charge is 0.161 e. The molecule has 1 fully saturated rings. The Hall–Kier alpha value is -1.22. The van der Waals surface area contributed by atoms with Crippen molar-refractivity contribution in [3.05, 3.63) is 23.8 Å². The van der Waals surface area contributed by atoms with E-state index in [4.69, 9.17) is 9.47 Å². The normalized spacial score (nSPS) is 16.6. The molecule has 0 aromatic heterocycles. The number of nitrogens with one attached hydrogen (secondary N) is 1. The second kappa shape index (κ2) is 4.96. The summed E-state index contributed by atoms with van der Waals surface area (Å²) in [5, 5.41) is 3.27. The largest absolute Gasteiger partial charge is 0.493 e. The maximum Gasteiger partial charge on any atom is 0.161 e. The van der Waals surface area contributed by atoms with Crippen molar-refractivity contribution in [2.24, 2.45) is 0 Å². The van der Waals surface area contributed by atoms with Gasteiger partial charge < -0.3 is 14.8 Å². The van der Waals surface area contributed by atoms with Crippen LogP contribution in [0.15, 0.2) is 18.2 Å². The first-order valence-corrected chi connectivity index (χ1v) is 6.21. The molecule has 2 rings (SSSR count). The van der Waals surface area contributed by atoms with Crippen molar-refractivity contribution >= 4 is 0 Å². The minimum atomic E-state index is 0.326. The highest BCUT2D eigenvalue weighted by Gasteiger charge is 2.43. The highest BCUT2D eigenvalue weighted by molar-refractivity contribution is 5.47. The first-order valence-electron chi connectivity index (χ1n) is 6.21. The van der Waals surface area contributed by atoms with Crippen molar-refractivity contribution in [1.82, 2.24) is 5.32 Å². The van der Waals surface area contributed by atoms with Crippen LogP contribution in [0.2, 0.25) is 0 Å². The van der Waals surface area contributed by atoms with Crippen molar-refractivity contribution in [3.8, 4) is 11.5 Å². The lowest BCUT2D eigenvalue weighted by Gasteiger charge is -2.17. The Morgan fingerprint density at radius 2 is 2.06 bits per heavy atom. The summed E-state index contributed by atoms with van der Waals surface area (Å²) in [5.74, 6) is 1.67. The summed E-state index contributed by atoms with van der Waals surface area (Å²) in [6.07, 6.45) is 2.51. The summed E-state index contributed by atoms with van der Waals surface area (Å²) in [5.41, 5.74) is 1.68. The third-order valence-electron chi connectivity index (χ3n) is 3.44. The molecule has 17 heavy (non-hydrogen) atoms. The molecule has 0 saturated heterocycles. The summed E-state index contributed by atoms with van der Waals surface area (Å²) in [6, 6.07) is 6.31. The van der Waals surface area contributed by atoms with E-state index >= 15 is 0 Å². The van der Waals surface area contributed by atoms with Gasteiger partial charge in [0.2, 0.25) is 0 Å². The first-order chi connectivity index (χ1) is 8.25. The Kier molecular flexibility index (Phi) is 3.57. The van der Waals surface area contributed by atoms with Crippen LogP contribution in [0.4, 0.5) is 0 Å². The summed E-state index contributed by atoms with van der Waals surface area (Å²) in [4.78, 5) is 0. The Bertz CT molecular complexity index is 386. The van der Waals surface area contributed by atoms with Crippen molar-refractivity contribution in [2.45, 2.75) is 25.2 Å². The number of ether oxygens (including phenoxy) is 2. The zero-order chi connectivity index (χ0) is 12.3. The number of benzene rings is 1. The fourth-order valence-corrected chi connectivity index (χ4v) is 2.33. The van der Waals surface area contributed by atoms with Crippen LogP contribution in [0.1, 0.15) is 25.3 Å². The van der Waals surface area contributed by atoms with Gasteiger partial charge in [0, 0.05) is 12.0 Å². The van der Waals surface area contributed by atoms with E-state index in [2.05, 4.69) is 17.4 Å². The van der Waals surface area contributed by atoms with Crippen LogP contribution in [0.3, 0.4) is 0 Å². The lowest BCUT2D eigenvalue weighted by molar-refractivity contribution is 0.310. The molecular weight excluding hydrogens is 214 g/mol. The van der Waals surface area contributed by atoms with Gasteiger partial charge in [0.05, 0.1) is 13.7 Å². The Labute approximate surface area is 103 Å². The number of hydrogen-bond donors (Lipinski definition) is 1. The molecule has 1 aliphatic carbocycles. The van der Waals surface area contributed by atoms with Gasteiger partial charge in [-0.2, -0.15) is 0 Å². The first kappa shape index (κ1) is 12.2. The molecule has 0 heterocycles. The van der Waals surface area contributed by atoms with Crippen molar-refractivity contribution < 1.29 is 9.47 Å². The molecule has 1 aromatic carbocycles. The van der Waals surface area contributed by atoms with Gasteiger partial charge in [-0.25, -0.2) is 0 Å². The van der Waals surface area contributed by atoms with E-state index in [0.29, 0.717) is 12.0 Å². The number of likely N-dealkylation sites (N-methyl/N-ethyl adjacent to an activating group) is 1. The van der Waals surface area contributed by atoms with Crippen molar-refractivity contribution in [3.63, 3.8) is 0 Å². The lowest BCUT2D eigenvalue weighted by atomic mass is 9.95. The molecule has 0 unspecified atom stereocenters. The van der Waals surface area contributed by atoms with Crippen LogP contribution < -0.4 is 14.8 Å². The summed E-state index contributed by atoms with van der Waals surface area (Å²) >= 11 is 0. The maximum absolute atomic E-state index is 5.54. The highest BCUT2D eigenvalue weighted by atomic mass is 16.5. The van der Waals surface area contributed by atoms with E-state index in [1.54, 1.807) is 7.11 Å². The standard InChI is InChI=1S/C14H21NO2/c1-4-17-12-6-5-11(9-13(12)16-3)14(7-8-14)10-15-2/h5-6,9,15H,4,7-8,10H2,1-3H3. The van der Waals surface area contributed by atoms with Gasteiger partial charge in [0.15, 0.2) is 11.5 Å². The predicted molar refractivity (Wildman–Crippen MR) is 69.0 cm³/mol. The molecule has 3 nitrogen and oxygen atoms in total. The van der Waals surface area contributed by atoms with E-state index in [9.17, 15) is 0 Å². The van der Waals surface area contributed by atoms with E-state index in [1.165, 1.54) is 18.4 Å². The Morgan fingerprint density at radius 3 is 2.59 bits per heavy atom. The van der Waals surface area contributed by atoms with Gasteiger partial charge in [-0.3, -0.25) is 0 Å². The fourth-order valence-electron chi connectivity index (χ4n) is 2.33. The number of hydrogen-bond acceptors (Lipinski definition) is 3. The van der Waals surface area contributed by atoms with E-state index in [0.717, 1.165) is 18.0 Å². The van der Waals surface area contributed by atoms with E-state index < -0.39 is 0 Å². The van der Waals surface area contributed by atoms with Crippen LogP contribution >= 0.6 is 0 Å².